The second kappa shape index (κ2) is 7.34. The van der Waals surface area contributed by atoms with Crippen molar-refractivity contribution in [2.24, 2.45) is 0 Å². The fraction of sp³-hybridized carbons (Fsp3) is 0.0500. The van der Waals surface area contributed by atoms with Crippen LogP contribution in [0.4, 0.5) is 5.82 Å². The Labute approximate surface area is 154 Å². The smallest absolute Gasteiger partial charge is 0.268 e. The van der Waals surface area contributed by atoms with Gasteiger partial charge in [0.1, 0.15) is 35.7 Å². The summed E-state index contributed by atoms with van der Waals surface area (Å²) in [5.74, 6) is -0.0798. The van der Waals surface area contributed by atoms with Gasteiger partial charge in [-0.25, -0.2) is 0 Å². The molecule has 2 aromatic carbocycles. The quantitative estimate of drug-likeness (QED) is 0.656. The molecule has 27 heavy (non-hydrogen) atoms. The zero-order valence-electron chi connectivity index (χ0n) is 14.1. The average molecular weight is 358 g/mol. The first-order valence-corrected chi connectivity index (χ1v) is 7.91. The lowest BCUT2D eigenvalue weighted by atomic mass is 9.96. The first-order chi connectivity index (χ1) is 13.0. The number of pyridine rings is 1. The number of H-pyrrole nitrogens is 1. The maximum atomic E-state index is 12.0. The highest BCUT2D eigenvalue weighted by Crippen LogP contribution is 2.35. The number of hydrogen-bond donors (Lipinski definition) is 3. The average Bonchev–Trinajstić information content (AvgIpc) is 2.68. The molecule has 0 atom stereocenters. The summed E-state index contributed by atoms with van der Waals surface area (Å²) in [5.41, 5.74) is 6.15. The minimum atomic E-state index is -0.691. The summed E-state index contributed by atoms with van der Waals surface area (Å²) in [4.78, 5) is 14.3. The molecule has 7 nitrogen and oxygen atoms in total. The fourth-order valence-electron chi connectivity index (χ4n) is 2.65. The van der Waals surface area contributed by atoms with Gasteiger partial charge in [-0.15, -0.1) is 0 Å². The minimum Gasteiger partial charge on any atom is -0.504 e. The second-order valence-corrected chi connectivity index (χ2v) is 5.67. The van der Waals surface area contributed by atoms with E-state index in [4.69, 9.17) is 10.5 Å². The van der Waals surface area contributed by atoms with E-state index < -0.39 is 5.56 Å². The molecule has 1 heterocycles. The molecular weight excluding hydrogens is 344 g/mol. The third-order valence-corrected chi connectivity index (χ3v) is 3.95. The maximum absolute atomic E-state index is 12.0. The van der Waals surface area contributed by atoms with Crippen molar-refractivity contribution < 1.29 is 9.84 Å². The first kappa shape index (κ1) is 17.6. The summed E-state index contributed by atoms with van der Waals surface area (Å²) >= 11 is 0. The van der Waals surface area contributed by atoms with Crippen molar-refractivity contribution in [2.45, 2.75) is 6.61 Å². The molecule has 0 saturated carbocycles. The lowest BCUT2D eigenvalue weighted by Crippen LogP contribution is -2.16. The van der Waals surface area contributed by atoms with Crippen molar-refractivity contribution in [3.8, 4) is 34.8 Å². The topological polar surface area (TPSA) is 136 Å². The van der Waals surface area contributed by atoms with Crippen molar-refractivity contribution in [2.75, 3.05) is 5.73 Å². The largest absolute Gasteiger partial charge is 0.504 e. The predicted octanol–water partition coefficient (Wildman–Crippen LogP) is 2.65. The van der Waals surface area contributed by atoms with Gasteiger partial charge in [-0.3, -0.25) is 4.79 Å². The van der Waals surface area contributed by atoms with E-state index in [2.05, 4.69) is 4.98 Å². The van der Waals surface area contributed by atoms with Crippen LogP contribution in [0.1, 0.15) is 16.7 Å². The number of aromatic hydroxyl groups is 1. The minimum absolute atomic E-state index is 0.0224. The van der Waals surface area contributed by atoms with Crippen LogP contribution < -0.4 is 16.0 Å². The summed E-state index contributed by atoms with van der Waals surface area (Å²) in [5, 5.41) is 28.8. The summed E-state index contributed by atoms with van der Waals surface area (Å²) in [7, 11) is 0. The van der Waals surface area contributed by atoms with E-state index in [0.717, 1.165) is 5.56 Å². The molecule has 0 aliphatic rings. The van der Waals surface area contributed by atoms with Crippen LogP contribution in [-0.2, 0) is 6.61 Å². The summed E-state index contributed by atoms with van der Waals surface area (Å²) in [6, 6.07) is 17.4. The van der Waals surface area contributed by atoms with Crippen molar-refractivity contribution in [3.05, 3.63) is 75.6 Å². The van der Waals surface area contributed by atoms with E-state index >= 15 is 0 Å². The van der Waals surface area contributed by atoms with Gasteiger partial charge in [0.25, 0.3) is 5.56 Å². The Morgan fingerprint density at radius 1 is 1.07 bits per heavy atom. The Balaban J connectivity index is 2.08. The van der Waals surface area contributed by atoms with Crippen LogP contribution in [0.15, 0.2) is 53.3 Å². The number of nitrogen functional groups attached to an aromatic ring is 1. The Kier molecular flexibility index (Phi) is 4.78. The fourth-order valence-corrected chi connectivity index (χ4v) is 2.65. The van der Waals surface area contributed by atoms with Gasteiger partial charge in [-0.2, -0.15) is 10.5 Å². The number of ether oxygens (including phenoxy) is 1. The molecule has 132 valence electrons. The van der Waals surface area contributed by atoms with Gasteiger partial charge in [0, 0.05) is 5.56 Å². The van der Waals surface area contributed by atoms with Gasteiger partial charge in [-0.1, -0.05) is 36.4 Å². The van der Waals surface area contributed by atoms with Crippen molar-refractivity contribution in [1.82, 2.24) is 4.98 Å². The van der Waals surface area contributed by atoms with E-state index in [1.165, 1.54) is 18.2 Å². The monoisotopic (exact) mass is 358 g/mol. The van der Waals surface area contributed by atoms with E-state index in [1.807, 2.05) is 36.4 Å². The van der Waals surface area contributed by atoms with Gasteiger partial charge in [0.2, 0.25) is 0 Å². The highest BCUT2D eigenvalue weighted by atomic mass is 16.5. The molecule has 0 aliphatic heterocycles. The van der Waals surface area contributed by atoms with Gasteiger partial charge >= 0.3 is 0 Å². The van der Waals surface area contributed by atoms with Crippen LogP contribution in [-0.4, -0.2) is 10.1 Å². The van der Waals surface area contributed by atoms with Gasteiger partial charge < -0.3 is 20.6 Å². The molecule has 7 heteroatoms. The molecule has 0 bridgehead atoms. The molecule has 0 saturated heterocycles. The maximum Gasteiger partial charge on any atom is 0.268 e. The number of aromatic amines is 1. The molecule has 3 aromatic rings. The number of nitrogens with two attached hydrogens (primary N) is 1. The van der Waals surface area contributed by atoms with Crippen molar-refractivity contribution in [1.29, 1.82) is 10.5 Å². The number of benzene rings is 2. The molecule has 0 amide bonds. The Bertz CT molecular complexity index is 1140. The van der Waals surface area contributed by atoms with E-state index in [-0.39, 0.29) is 40.6 Å². The highest BCUT2D eigenvalue weighted by molar-refractivity contribution is 5.81. The number of hydrogen-bond acceptors (Lipinski definition) is 6. The molecule has 0 radical (unpaired) electrons. The van der Waals surface area contributed by atoms with E-state index in [1.54, 1.807) is 6.07 Å². The van der Waals surface area contributed by atoms with Gasteiger partial charge in [-0.05, 0) is 23.3 Å². The number of nitriles is 2. The molecule has 1 aromatic heterocycles. The van der Waals surface area contributed by atoms with E-state index in [9.17, 15) is 20.4 Å². The zero-order chi connectivity index (χ0) is 19.4. The lowest BCUT2D eigenvalue weighted by Gasteiger charge is -2.12. The van der Waals surface area contributed by atoms with Crippen molar-refractivity contribution in [3.63, 3.8) is 0 Å². The summed E-state index contributed by atoms with van der Waals surface area (Å²) in [6.07, 6.45) is 0. The van der Waals surface area contributed by atoms with Crippen LogP contribution in [0.25, 0.3) is 11.1 Å². The Morgan fingerprint density at radius 2 is 1.78 bits per heavy atom. The van der Waals surface area contributed by atoms with Crippen LogP contribution >= 0.6 is 0 Å². The van der Waals surface area contributed by atoms with Crippen LogP contribution in [0.2, 0.25) is 0 Å². The number of aromatic nitrogens is 1. The third-order valence-electron chi connectivity index (χ3n) is 3.95. The Hall–Kier alpha value is -4.23. The van der Waals surface area contributed by atoms with Crippen LogP contribution in [0.5, 0.6) is 11.5 Å². The highest BCUT2D eigenvalue weighted by Gasteiger charge is 2.19. The normalized spacial score (nSPS) is 10.0. The van der Waals surface area contributed by atoms with E-state index in [0.29, 0.717) is 5.56 Å². The number of phenolic OH excluding ortho intramolecular Hbond substituents is 1. The van der Waals surface area contributed by atoms with Crippen LogP contribution in [0.3, 0.4) is 0 Å². The molecular formula is C20H14N4O3. The molecule has 4 N–H and O–H groups in total. The van der Waals surface area contributed by atoms with Crippen molar-refractivity contribution >= 4 is 5.82 Å². The Morgan fingerprint density at radius 3 is 2.44 bits per heavy atom. The zero-order valence-corrected chi connectivity index (χ0v) is 14.1. The number of nitrogens with zero attached hydrogens (tertiary/aromatic N) is 2. The standard InChI is InChI=1S/C20H14N4O3/c21-9-14-18(15(10-22)20(26)24-19(14)23)13-6-7-16(25)17(8-13)27-11-12-4-2-1-3-5-12/h1-8,25H,11H2,(H3,23,24,26). The lowest BCUT2D eigenvalue weighted by molar-refractivity contribution is 0.289. The number of rotatable bonds is 4. The second-order valence-electron chi connectivity index (χ2n) is 5.67. The van der Waals surface area contributed by atoms with Gasteiger partial charge in [0.05, 0.1) is 0 Å². The molecule has 0 aliphatic carbocycles. The number of nitrogens with one attached hydrogen (secondary N) is 1. The SMILES string of the molecule is N#Cc1c(N)[nH]c(=O)c(C#N)c1-c1ccc(O)c(OCc2ccccc2)c1. The predicted molar refractivity (Wildman–Crippen MR) is 98.8 cm³/mol. The molecule has 0 spiro atoms. The number of anilines is 1. The first-order valence-electron chi connectivity index (χ1n) is 7.91. The summed E-state index contributed by atoms with van der Waals surface area (Å²) in [6.45, 7) is 0.214. The molecule has 0 fully saturated rings. The summed E-state index contributed by atoms with van der Waals surface area (Å²) < 4.78 is 5.66. The molecule has 0 unspecified atom stereocenters. The van der Waals surface area contributed by atoms with Crippen LogP contribution in [0, 0.1) is 22.7 Å². The number of phenols is 1. The van der Waals surface area contributed by atoms with Gasteiger partial charge in [0.15, 0.2) is 11.5 Å². The molecule has 3 rings (SSSR count). The third kappa shape index (κ3) is 3.44.